The molecule has 11 heteroatoms. The van der Waals surface area contributed by atoms with Crippen molar-refractivity contribution < 1.29 is 22.7 Å². The number of ether oxygens (including phenoxy) is 2. The van der Waals surface area contributed by atoms with Gasteiger partial charge in [-0.15, -0.1) is 0 Å². The van der Waals surface area contributed by atoms with E-state index in [4.69, 9.17) is 32.7 Å². The quantitative estimate of drug-likeness (QED) is 0.353. The Morgan fingerprint density at radius 3 is 2.48 bits per heavy atom. The molecule has 178 valence electrons. The molecule has 0 unspecified atom stereocenters. The van der Waals surface area contributed by atoms with E-state index in [1.165, 1.54) is 30.6 Å². The molecule has 33 heavy (non-hydrogen) atoms. The first kappa shape index (κ1) is 25.7. The third-order valence-corrected chi connectivity index (χ3v) is 8.49. The van der Waals surface area contributed by atoms with E-state index in [0.717, 1.165) is 4.70 Å². The maximum Gasteiger partial charge on any atom is 0.248 e. The summed E-state index contributed by atoms with van der Waals surface area (Å²) in [7, 11) is -2.00. The number of aromatic nitrogens is 1. The molecule has 1 aromatic heterocycles. The third-order valence-electron chi connectivity index (χ3n) is 4.83. The Hall–Kier alpha value is -1.91. The van der Waals surface area contributed by atoms with Gasteiger partial charge in [0.15, 0.2) is 14.6 Å². The predicted molar refractivity (Wildman–Crippen MR) is 131 cm³/mol. The van der Waals surface area contributed by atoms with Gasteiger partial charge in [-0.3, -0.25) is 4.79 Å². The second-order valence-electron chi connectivity index (χ2n) is 7.04. The minimum atomic E-state index is -3.51. The van der Waals surface area contributed by atoms with Crippen molar-refractivity contribution in [1.82, 2.24) is 4.57 Å². The number of carbonyl (C=O) groups excluding carboxylic acids is 1. The van der Waals surface area contributed by atoms with E-state index in [9.17, 15) is 13.2 Å². The van der Waals surface area contributed by atoms with Crippen LogP contribution in [-0.2, 0) is 25.9 Å². The molecule has 0 saturated carbocycles. The lowest BCUT2D eigenvalue weighted by atomic mass is 10.3. The van der Waals surface area contributed by atoms with E-state index in [-0.39, 0.29) is 23.5 Å². The van der Waals surface area contributed by atoms with Crippen molar-refractivity contribution in [2.75, 3.05) is 26.1 Å². The molecule has 1 heterocycles. The number of amides is 1. The van der Waals surface area contributed by atoms with Crippen molar-refractivity contribution in [3.05, 3.63) is 51.2 Å². The molecule has 3 rings (SSSR count). The zero-order valence-corrected chi connectivity index (χ0v) is 21.4. The lowest BCUT2D eigenvalue weighted by molar-refractivity contribution is -0.118. The summed E-state index contributed by atoms with van der Waals surface area (Å²) in [5.74, 6) is 0.00245. The van der Waals surface area contributed by atoms with Gasteiger partial charge in [-0.2, -0.15) is 4.99 Å². The van der Waals surface area contributed by atoms with Crippen LogP contribution in [0, 0.1) is 0 Å². The van der Waals surface area contributed by atoms with Crippen molar-refractivity contribution in [2.45, 2.75) is 31.2 Å². The Balaban J connectivity index is 1.77. The summed E-state index contributed by atoms with van der Waals surface area (Å²) in [6.45, 7) is 3.33. The van der Waals surface area contributed by atoms with E-state index in [2.05, 4.69) is 4.99 Å². The fourth-order valence-electron chi connectivity index (χ4n) is 3.18. The number of rotatable bonds is 10. The van der Waals surface area contributed by atoms with Crippen LogP contribution in [0.4, 0.5) is 0 Å². The molecular formula is C22H24Cl2N2O5S2. The summed E-state index contributed by atoms with van der Waals surface area (Å²) in [5.41, 5.74) is 0.697. The van der Waals surface area contributed by atoms with Gasteiger partial charge in [-0.05, 0) is 49.7 Å². The molecular weight excluding hydrogens is 507 g/mol. The number of halogens is 2. The first-order valence-electron chi connectivity index (χ1n) is 10.3. The van der Waals surface area contributed by atoms with Crippen LogP contribution < -0.4 is 9.54 Å². The number of thiazole rings is 1. The Kier molecular flexibility index (Phi) is 8.95. The van der Waals surface area contributed by atoms with Crippen LogP contribution in [0.5, 0.6) is 5.75 Å². The fraction of sp³-hybridized carbons (Fsp3) is 0.364. The topological polar surface area (TPSA) is 87.0 Å². The molecule has 0 aliphatic heterocycles. The molecule has 3 aromatic rings. The Morgan fingerprint density at radius 2 is 1.82 bits per heavy atom. The van der Waals surface area contributed by atoms with E-state index in [0.29, 0.717) is 45.9 Å². The monoisotopic (exact) mass is 530 g/mol. The number of nitrogens with zero attached hydrogens (tertiary/aromatic N) is 2. The van der Waals surface area contributed by atoms with Gasteiger partial charge in [0, 0.05) is 19.6 Å². The van der Waals surface area contributed by atoms with Crippen molar-refractivity contribution in [1.29, 1.82) is 0 Å². The highest BCUT2D eigenvalue weighted by atomic mass is 35.5. The highest BCUT2D eigenvalue weighted by Crippen LogP contribution is 2.31. The van der Waals surface area contributed by atoms with Crippen LogP contribution >= 0.6 is 34.5 Å². The van der Waals surface area contributed by atoms with Crippen molar-refractivity contribution in [2.24, 2.45) is 4.99 Å². The number of fused-ring (bicyclic) bond motifs is 1. The first-order valence-corrected chi connectivity index (χ1v) is 13.5. The number of benzene rings is 2. The average molecular weight is 531 g/mol. The van der Waals surface area contributed by atoms with E-state index in [1.807, 2.05) is 11.5 Å². The van der Waals surface area contributed by atoms with E-state index < -0.39 is 15.7 Å². The highest BCUT2D eigenvalue weighted by molar-refractivity contribution is 7.91. The minimum absolute atomic E-state index is 0.00342. The molecule has 0 aliphatic carbocycles. The highest BCUT2D eigenvalue weighted by Gasteiger charge is 2.16. The van der Waals surface area contributed by atoms with Crippen LogP contribution in [0.25, 0.3) is 10.2 Å². The zero-order valence-electron chi connectivity index (χ0n) is 18.2. The summed E-state index contributed by atoms with van der Waals surface area (Å²) >= 11 is 14.0. The van der Waals surface area contributed by atoms with Crippen LogP contribution in [0.3, 0.4) is 0 Å². The molecule has 0 bridgehead atoms. The predicted octanol–water partition coefficient (Wildman–Crippen LogP) is 4.74. The summed E-state index contributed by atoms with van der Waals surface area (Å²) in [6.07, 6.45) is 0.151. The van der Waals surface area contributed by atoms with Crippen molar-refractivity contribution in [3.63, 3.8) is 0 Å². The zero-order chi connectivity index (χ0) is 24.0. The number of carbonyl (C=O) groups is 1. The second-order valence-corrected chi connectivity index (χ2v) is 10.9. The van der Waals surface area contributed by atoms with Crippen LogP contribution in [0.1, 0.15) is 19.8 Å². The lowest BCUT2D eigenvalue weighted by Crippen LogP contribution is -2.20. The van der Waals surface area contributed by atoms with Gasteiger partial charge < -0.3 is 14.0 Å². The van der Waals surface area contributed by atoms with Crippen LogP contribution in [-0.4, -0.2) is 45.0 Å². The Morgan fingerprint density at radius 1 is 1.12 bits per heavy atom. The van der Waals surface area contributed by atoms with Crippen molar-refractivity contribution in [3.8, 4) is 5.75 Å². The normalized spacial score (nSPS) is 12.4. The van der Waals surface area contributed by atoms with Crippen molar-refractivity contribution >= 4 is 60.5 Å². The molecule has 7 nitrogen and oxygen atoms in total. The first-order chi connectivity index (χ1) is 15.8. The summed E-state index contributed by atoms with van der Waals surface area (Å²) < 4.78 is 38.1. The van der Waals surface area contributed by atoms with E-state index >= 15 is 0 Å². The van der Waals surface area contributed by atoms with E-state index in [1.54, 1.807) is 24.3 Å². The van der Waals surface area contributed by atoms with Gasteiger partial charge in [0.25, 0.3) is 0 Å². The molecule has 0 N–H and O–H groups in total. The van der Waals surface area contributed by atoms with Gasteiger partial charge in [-0.1, -0.05) is 34.5 Å². The molecule has 0 aliphatic rings. The maximum atomic E-state index is 12.6. The smallest absolute Gasteiger partial charge is 0.248 e. The van der Waals surface area contributed by atoms with Gasteiger partial charge in [0.05, 0.1) is 44.6 Å². The average Bonchev–Trinajstić information content (AvgIpc) is 3.15. The Labute approximate surface area is 206 Å². The van der Waals surface area contributed by atoms with Crippen LogP contribution in [0.2, 0.25) is 10.0 Å². The minimum Gasteiger partial charge on any atom is -0.497 e. The molecule has 2 aromatic carbocycles. The number of methoxy groups -OCH3 is 1. The maximum absolute atomic E-state index is 12.6. The number of sulfone groups is 1. The summed E-state index contributed by atoms with van der Waals surface area (Å²) in [4.78, 5) is 17.4. The molecule has 0 radical (unpaired) electrons. The van der Waals surface area contributed by atoms with Crippen LogP contribution in [0.15, 0.2) is 46.3 Å². The van der Waals surface area contributed by atoms with Gasteiger partial charge in [0.2, 0.25) is 5.91 Å². The molecule has 0 atom stereocenters. The number of hydrogen-bond donors (Lipinski definition) is 0. The van der Waals surface area contributed by atoms with Gasteiger partial charge in [0.1, 0.15) is 5.75 Å². The van der Waals surface area contributed by atoms with Gasteiger partial charge >= 0.3 is 0 Å². The standard InChI is InChI=1S/C22H24Cl2N2O5S2/c1-3-31-13-12-26-20-17(23)10-11-18(24)21(20)32-22(26)25-19(27)5-4-14-33(28,29)16-8-6-15(30-2)7-9-16/h6-11H,3-5,12-14H2,1-2H3. The lowest BCUT2D eigenvalue weighted by Gasteiger charge is -2.07. The molecule has 0 spiro atoms. The summed E-state index contributed by atoms with van der Waals surface area (Å²) in [5, 5.41) is 1.02. The van der Waals surface area contributed by atoms with Gasteiger partial charge in [-0.25, -0.2) is 8.42 Å². The molecule has 0 saturated heterocycles. The molecule has 0 fully saturated rings. The Bertz CT molecular complexity index is 1300. The molecule has 1 amide bonds. The number of hydrogen-bond acceptors (Lipinski definition) is 6. The fourth-order valence-corrected chi connectivity index (χ4v) is 6.18. The SMILES string of the molecule is CCOCCn1c(=NC(=O)CCCS(=O)(=O)c2ccc(OC)cc2)sc2c(Cl)ccc(Cl)c21. The summed E-state index contributed by atoms with van der Waals surface area (Å²) in [6, 6.07) is 9.56. The second kappa shape index (κ2) is 11.5. The largest absolute Gasteiger partial charge is 0.497 e. The third kappa shape index (κ3) is 6.36.